The quantitative estimate of drug-likeness (QED) is 0.668. The molecule has 4 aliphatic heterocycles. The summed E-state index contributed by atoms with van der Waals surface area (Å²) in [7, 11) is 0. The van der Waals surface area contributed by atoms with Crippen molar-refractivity contribution in [1.82, 2.24) is 25.0 Å². The highest BCUT2D eigenvalue weighted by atomic mass is 16.2. The molecule has 5 heterocycles. The molecule has 9 nitrogen and oxygen atoms in total. The van der Waals surface area contributed by atoms with E-state index in [1.165, 1.54) is 5.69 Å². The molecule has 0 bridgehead atoms. The normalized spacial score (nSPS) is 27.3. The highest BCUT2D eigenvalue weighted by Gasteiger charge is 2.48. The molecule has 0 aliphatic carbocycles. The number of hydrogen-bond acceptors (Lipinski definition) is 6. The van der Waals surface area contributed by atoms with Crippen LogP contribution >= 0.6 is 0 Å². The van der Waals surface area contributed by atoms with Crippen LogP contribution in [0, 0.1) is 0 Å². The Morgan fingerprint density at radius 1 is 1.03 bits per heavy atom. The maximum absolute atomic E-state index is 13.5. The van der Waals surface area contributed by atoms with Gasteiger partial charge in [0.05, 0.1) is 16.7 Å². The van der Waals surface area contributed by atoms with E-state index in [0.717, 1.165) is 43.1 Å². The molecule has 170 valence electrons. The largest absolute Gasteiger partial charge is 0.348 e. The Morgan fingerprint density at radius 3 is 2.70 bits per heavy atom. The molecule has 0 radical (unpaired) electrons. The van der Waals surface area contributed by atoms with Crippen LogP contribution < -0.4 is 10.6 Å². The van der Waals surface area contributed by atoms with Crippen molar-refractivity contribution in [2.24, 2.45) is 0 Å². The molecule has 2 unspecified atom stereocenters. The number of rotatable bonds is 3. The summed E-state index contributed by atoms with van der Waals surface area (Å²) in [6, 6.07) is 8.67. The third-order valence-electron chi connectivity index (χ3n) is 7.57. The molecule has 33 heavy (non-hydrogen) atoms. The molecule has 9 heteroatoms. The first-order chi connectivity index (χ1) is 16.0. The minimum Gasteiger partial charge on any atom is -0.348 e. The van der Waals surface area contributed by atoms with E-state index in [1.807, 2.05) is 6.07 Å². The maximum Gasteiger partial charge on any atom is 0.262 e. The van der Waals surface area contributed by atoms with Crippen molar-refractivity contribution in [2.75, 3.05) is 19.6 Å². The van der Waals surface area contributed by atoms with E-state index in [4.69, 9.17) is 0 Å². The van der Waals surface area contributed by atoms with Gasteiger partial charge < -0.3 is 9.88 Å². The van der Waals surface area contributed by atoms with Gasteiger partial charge in [-0.3, -0.25) is 34.3 Å². The molecule has 2 fully saturated rings. The number of aromatic nitrogens is 1. The van der Waals surface area contributed by atoms with Crippen molar-refractivity contribution in [3.63, 3.8) is 0 Å². The van der Waals surface area contributed by atoms with Gasteiger partial charge in [-0.1, -0.05) is 12.1 Å². The average molecular weight is 447 g/mol. The highest BCUT2D eigenvalue weighted by molar-refractivity contribution is 6.24. The number of fused-ring (bicyclic) bond motifs is 3. The van der Waals surface area contributed by atoms with E-state index in [0.29, 0.717) is 17.7 Å². The van der Waals surface area contributed by atoms with Crippen LogP contribution in [0.1, 0.15) is 51.2 Å². The summed E-state index contributed by atoms with van der Waals surface area (Å²) < 4.78 is 2.30. The summed E-state index contributed by atoms with van der Waals surface area (Å²) in [6.07, 6.45) is 3.36. The van der Waals surface area contributed by atoms with Crippen LogP contribution in [0.25, 0.3) is 0 Å². The van der Waals surface area contributed by atoms with Gasteiger partial charge in [-0.2, -0.15) is 0 Å². The molecule has 2 aromatic rings. The van der Waals surface area contributed by atoms with Crippen LogP contribution in [0.3, 0.4) is 0 Å². The summed E-state index contributed by atoms with van der Waals surface area (Å²) in [5.74, 6) is -1.87. The van der Waals surface area contributed by atoms with E-state index in [2.05, 4.69) is 38.4 Å². The number of piperidine rings is 1. The minimum absolute atomic E-state index is 0.111. The van der Waals surface area contributed by atoms with Gasteiger partial charge in [0.25, 0.3) is 11.8 Å². The molecular formula is C24H25N5O4. The lowest BCUT2D eigenvalue weighted by atomic mass is 9.88. The van der Waals surface area contributed by atoms with Crippen LogP contribution in [0.15, 0.2) is 36.5 Å². The van der Waals surface area contributed by atoms with Crippen molar-refractivity contribution in [3.8, 4) is 0 Å². The van der Waals surface area contributed by atoms with Crippen LogP contribution in [0.5, 0.6) is 0 Å². The summed E-state index contributed by atoms with van der Waals surface area (Å²) in [5.41, 5.74) is 2.64. The monoisotopic (exact) mass is 447 g/mol. The standard InChI is InChI=1S/C24H25N5O4/c30-19-7-6-17(21(31)26-19)29-22(32)16-4-1-3-15(20(16)23(29)33)13-28-12-11-27-10-2-5-18(27)24(28)8-9-25-14-24/h1-5,10,17,25H,6-9,11-14H2,(H,26,30,31). The van der Waals surface area contributed by atoms with Crippen molar-refractivity contribution < 1.29 is 19.2 Å². The van der Waals surface area contributed by atoms with E-state index >= 15 is 0 Å². The van der Waals surface area contributed by atoms with Crippen LogP contribution in [-0.4, -0.2) is 63.7 Å². The molecule has 1 spiro atoms. The van der Waals surface area contributed by atoms with Gasteiger partial charge in [-0.05, 0) is 43.1 Å². The third kappa shape index (κ3) is 2.92. The topological polar surface area (TPSA) is 104 Å². The highest BCUT2D eigenvalue weighted by Crippen LogP contribution is 2.40. The number of amides is 4. The van der Waals surface area contributed by atoms with E-state index in [-0.39, 0.29) is 24.3 Å². The van der Waals surface area contributed by atoms with Gasteiger partial charge in [0.1, 0.15) is 6.04 Å². The summed E-state index contributed by atoms with van der Waals surface area (Å²) in [6.45, 7) is 4.01. The Bertz CT molecular complexity index is 1200. The smallest absolute Gasteiger partial charge is 0.262 e. The van der Waals surface area contributed by atoms with E-state index < -0.39 is 23.8 Å². The lowest BCUT2D eigenvalue weighted by molar-refractivity contribution is -0.136. The Hall–Kier alpha value is -3.30. The van der Waals surface area contributed by atoms with Crippen molar-refractivity contribution >= 4 is 23.6 Å². The fraction of sp³-hybridized carbons (Fsp3) is 0.417. The molecule has 4 amide bonds. The Kier molecular flexibility index (Phi) is 4.53. The van der Waals surface area contributed by atoms with Gasteiger partial charge in [-0.25, -0.2) is 0 Å². The first-order valence-electron chi connectivity index (χ1n) is 11.4. The molecule has 1 aromatic heterocycles. The first kappa shape index (κ1) is 20.3. The fourth-order valence-electron chi connectivity index (χ4n) is 5.96. The molecule has 4 aliphatic rings. The Labute approximate surface area is 190 Å². The second kappa shape index (κ2) is 7.36. The number of nitrogens with one attached hydrogen (secondary N) is 2. The maximum atomic E-state index is 13.5. The van der Waals surface area contributed by atoms with Crippen LogP contribution in [0.4, 0.5) is 0 Å². The predicted molar refractivity (Wildman–Crippen MR) is 117 cm³/mol. The van der Waals surface area contributed by atoms with Gasteiger partial charge >= 0.3 is 0 Å². The summed E-state index contributed by atoms with van der Waals surface area (Å²) in [4.78, 5) is 54.1. The van der Waals surface area contributed by atoms with Gasteiger partial charge in [0.2, 0.25) is 11.8 Å². The zero-order valence-corrected chi connectivity index (χ0v) is 18.2. The van der Waals surface area contributed by atoms with Crippen molar-refractivity contribution in [2.45, 2.75) is 43.9 Å². The number of carbonyl (C=O) groups is 4. The third-order valence-corrected chi connectivity index (χ3v) is 7.57. The van der Waals surface area contributed by atoms with Crippen molar-refractivity contribution in [1.29, 1.82) is 0 Å². The molecule has 1 aromatic carbocycles. The summed E-state index contributed by atoms with van der Waals surface area (Å²) in [5, 5.41) is 5.75. The number of benzene rings is 1. The van der Waals surface area contributed by atoms with Gasteiger partial charge in [0, 0.05) is 44.5 Å². The van der Waals surface area contributed by atoms with Crippen LogP contribution in [0.2, 0.25) is 0 Å². The second-order valence-corrected chi connectivity index (χ2v) is 9.25. The van der Waals surface area contributed by atoms with E-state index in [9.17, 15) is 19.2 Å². The molecule has 0 saturated carbocycles. The fourth-order valence-corrected chi connectivity index (χ4v) is 5.96. The first-order valence-corrected chi connectivity index (χ1v) is 11.4. The Balaban J connectivity index is 1.34. The van der Waals surface area contributed by atoms with Gasteiger partial charge in [0.15, 0.2) is 0 Å². The zero-order chi connectivity index (χ0) is 22.7. The zero-order valence-electron chi connectivity index (χ0n) is 18.2. The average Bonchev–Trinajstić information content (AvgIpc) is 3.52. The molecule has 2 N–H and O–H groups in total. The SMILES string of the molecule is O=C1CCC(N2C(=O)c3cccc(CN4CCn5cccc5C45CCNC5)c3C2=O)C(=O)N1. The lowest BCUT2D eigenvalue weighted by Crippen LogP contribution is -2.54. The van der Waals surface area contributed by atoms with E-state index in [1.54, 1.807) is 12.1 Å². The second-order valence-electron chi connectivity index (χ2n) is 9.25. The molecule has 2 atom stereocenters. The number of carbonyl (C=O) groups excluding carboxylic acids is 4. The van der Waals surface area contributed by atoms with Gasteiger partial charge in [-0.15, -0.1) is 0 Å². The number of hydrogen-bond donors (Lipinski definition) is 2. The predicted octanol–water partition coefficient (Wildman–Crippen LogP) is 0.594. The number of nitrogens with zero attached hydrogens (tertiary/aromatic N) is 3. The van der Waals surface area contributed by atoms with Crippen molar-refractivity contribution in [3.05, 3.63) is 58.9 Å². The van der Waals surface area contributed by atoms with Crippen LogP contribution in [-0.2, 0) is 28.2 Å². The minimum atomic E-state index is -0.952. The lowest BCUT2D eigenvalue weighted by Gasteiger charge is -2.45. The molecular weight excluding hydrogens is 422 g/mol. The summed E-state index contributed by atoms with van der Waals surface area (Å²) >= 11 is 0. The number of imide groups is 2. The molecule has 6 rings (SSSR count). The Morgan fingerprint density at radius 2 is 1.91 bits per heavy atom. The molecule has 2 saturated heterocycles.